The van der Waals surface area contributed by atoms with Crippen LogP contribution in [0.4, 0.5) is 5.69 Å². The highest BCUT2D eigenvalue weighted by Crippen LogP contribution is 2.32. The Balaban J connectivity index is 1.41. The molecule has 0 bridgehead atoms. The third kappa shape index (κ3) is 5.09. The molecule has 4 rings (SSSR count). The number of amides is 1. The first kappa shape index (κ1) is 22.3. The molecule has 32 heavy (non-hydrogen) atoms. The molecule has 1 atom stereocenters. The fourth-order valence-electron chi connectivity index (χ4n) is 3.14. The van der Waals surface area contributed by atoms with E-state index in [1.165, 1.54) is 19.1 Å². The topological polar surface area (TPSA) is 107 Å². The summed E-state index contributed by atoms with van der Waals surface area (Å²) in [5.41, 5.74) is 2.38. The number of nitrogens with zero attached hydrogens (tertiary/aromatic N) is 1. The molecule has 0 fully saturated rings. The summed E-state index contributed by atoms with van der Waals surface area (Å²) < 4.78 is 39.1. The number of nitrogens with one attached hydrogen (secondary N) is 2. The molecule has 0 unspecified atom stereocenters. The van der Waals surface area contributed by atoms with Crippen LogP contribution in [-0.2, 0) is 14.8 Å². The number of hydrogen-bond acceptors (Lipinski definition) is 7. The van der Waals surface area contributed by atoms with Crippen LogP contribution >= 0.6 is 11.3 Å². The molecule has 2 aromatic carbocycles. The highest BCUT2D eigenvalue weighted by atomic mass is 32.2. The van der Waals surface area contributed by atoms with Crippen molar-refractivity contribution in [3.8, 4) is 22.8 Å². The molecule has 1 aromatic heterocycles. The summed E-state index contributed by atoms with van der Waals surface area (Å²) in [6.07, 6.45) is 0.719. The molecule has 0 saturated carbocycles. The van der Waals surface area contributed by atoms with Crippen LogP contribution in [0.25, 0.3) is 11.3 Å². The van der Waals surface area contributed by atoms with E-state index < -0.39 is 22.0 Å². The van der Waals surface area contributed by atoms with Gasteiger partial charge < -0.3 is 14.8 Å². The summed E-state index contributed by atoms with van der Waals surface area (Å²) in [6, 6.07) is 10.6. The van der Waals surface area contributed by atoms with E-state index >= 15 is 0 Å². The predicted octanol–water partition coefficient (Wildman–Crippen LogP) is 3.59. The summed E-state index contributed by atoms with van der Waals surface area (Å²) in [6.45, 7) is 4.39. The van der Waals surface area contributed by atoms with E-state index in [1.807, 2.05) is 24.4 Å². The van der Waals surface area contributed by atoms with Gasteiger partial charge in [-0.05, 0) is 38.1 Å². The lowest BCUT2D eigenvalue weighted by atomic mass is 10.1. The van der Waals surface area contributed by atoms with Crippen LogP contribution in [0, 0.1) is 6.92 Å². The molecule has 0 saturated heterocycles. The van der Waals surface area contributed by atoms with Gasteiger partial charge in [0.15, 0.2) is 11.5 Å². The lowest BCUT2D eigenvalue weighted by Gasteiger charge is -2.15. The number of aryl methyl sites for hydroxylation is 1. The van der Waals surface area contributed by atoms with Gasteiger partial charge in [0.2, 0.25) is 15.9 Å². The number of fused-ring (bicyclic) bond motifs is 1. The van der Waals surface area contributed by atoms with Crippen molar-refractivity contribution in [2.75, 3.05) is 18.5 Å². The Morgan fingerprint density at radius 1 is 1.09 bits per heavy atom. The summed E-state index contributed by atoms with van der Waals surface area (Å²) in [5.74, 6) is 0.404. The number of benzene rings is 2. The monoisotopic (exact) mass is 473 g/mol. The minimum Gasteiger partial charge on any atom is -0.490 e. The Kier molecular flexibility index (Phi) is 6.45. The third-order valence-electron chi connectivity index (χ3n) is 4.82. The van der Waals surface area contributed by atoms with E-state index in [0.29, 0.717) is 30.4 Å². The van der Waals surface area contributed by atoms with E-state index in [-0.39, 0.29) is 4.90 Å². The molecule has 8 nitrogen and oxygen atoms in total. The van der Waals surface area contributed by atoms with Gasteiger partial charge in [-0.15, -0.1) is 11.3 Å². The van der Waals surface area contributed by atoms with Crippen LogP contribution in [0.2, 0.25) is 0 Å². The zero-order valence-electron chi connectivity index (χ0n) is 17.6. The van der Waals surface area contributed by atoms with Gasteiger partial charge in [0.05, 0.1) is 34.9 Å². The number of thiazole rings is 1. The van der Waals surface area contributed by atoms with Gasteiger partial charge in [-0.2, -0.15) is 4.72 Å². The van der Waals surface area contributed by atoms with Crippen molar-refractivity contribution in [3.05, 3.63) is 52.9 Å². The number of carbonyl (C=O) groups is 1. The summed E-state index contributed by atoms with van der Waals surface area (Å²) in [5, 5.41) is 5.68. The normalized spacial score (nSPS) is 14.4. The Morgan fingerprint density at radius 3 is 2.50 bits per heavy atom. The second-order valence-electron chi connectivity index (χ2n) is 7.32. The smallest absolute Gasteiger partial charge is 0.242 e. The van der Waals surface area contributed by atoms with E-state index in [1.54, 1.807) is 29.5 Å². The molecular formula is C22H23N3O5S2. The van der Waals surface area contributed by atoms with Crippen LogP contribution in [0.3, 0.4) is 0 Å². The average molecular weight is 474 g/mol. The molecule has 10 heteroatoms. The number of sulfonamides is 1. The van der Waals surface area contributed by atoms with Gasteiger partial charge in [-0.3, -0.25) is 4.79 Å². The lowest BCUT2D eigenvalue weighted by Crippen LogP contribution is -2.41. The molecule has 1 aliphatic rings. The first-order valence-corrected chi connectivity index (χ1v) is 12.4. The largest absolute Gasteiger partial charge is 0.490 e. The van der Waals surface area contributed by atoms with Crippen molar-refractivity contribution in [2.24, 2.45) is 0 Å². The van der Waals surface area contributed by atoms with Gasteiger partial charge in [0.1, 0.15) is 0 Å². The molecular weight excluding hydrogens is 450 g/mol. The molecule has 2 heterocycles. The molecule has 3 aromatic rings. The Morgan fingerprint density at radius 2 is 1.81 bits per heavy atom. The van der Waals surface area contributed by atoms with Gasteiger partial charge in [-0.1, -0.05) is 12.1 Å². The maximum absolute atomic E-state index is 12.8. The van der Waals surface area contributed by atoms with Crippen LogP contribution in [0.1, 0.15) is 18.4 Å². The van der Waals surface area contributed by atoms with E-state index in [0.717, 1.165) is 22.7 Å². The van der Waals surface area contributed by atoms with E-state index in [9.17, 15) is 13.2 Å². The van der Waals surface area contributed by atoms with Crippen LogP contribution in [0.5, 0.6) is 11.5 Å². The number of ether oxygens (including phenoxy) is 2. The zero-order chi connectivity index (χ0) is 22.7. The maximum Gasteiger partial charge on any atom is 0.242 e. The standard InChI is InChI=1S/C22H23N3O5S2/c1-14(22(26)24-17-6-4-16(5-7-17)19-13-31-15(2)23-19)25-32(27,28)18-8-9-20-21(12-18)30-11-3-10-29-20/h4-9,12-14,25H,3,10-11H2,1-2H3,(H,24,26)/t14-/m1/s1. The van der Waals surface area contributed by atoms with Crippen molar-refractivity contribution in [3.63, 3.8) is 0 Å². The summed E-state index contributed by atoms with van der Waals surface area (Å²) in [4.78, 5) is 17.0. The van der Waals surface area contributed by atoms with Crippen molar-refractivity contribution in [2.45, 2.75) is 31.2 Å². The molecule has 2 N–H and O–H groups in total. The van der Waals surface area contributed by atoms with Crippen molar-refractivity contribution >= 4 is 33.0 Å². The Labute approximate surface area is 190 Å². The van der Waals surface area contributed by atoms with Gasteiger partial charge >= 0.3 is 0 Å². The molecule has 0 spiro atoms. The minimum atomic E-state index is -3.94. The highest BCUT2D eigenvalue weighted by molar-refractivity contribution is 7.89. The van der Waals surface area contributed by atoms with E-state index in [4.69, 9.17) is 9.47 Å². The first-order chi connectivity index (χ1) is 15.3. The third-order valence-corrected chi connectivity index (χ3v) is 7.13. The van der Waals surface area contributed by atoms with Gasteiger partial charge in [-0.25, -0.2) is 13.4 Å². The SMILES string of the molecule is Cc1nc(-c2ccc(NC(=O)[C@@H](C)NS(=O)(=O)c3ccc4c(c3)OCCCO4)cc2)cs1. The number of hydrogen-bond donors (Lipinski definition) is 2. The predicted molar refractivity (Wildman–Crippen MR) is 123 cm³/mol. The van der Waals surface area contributed by atoms with Gasteiger partial charge in [0, 0.05) is 29.1 Å². The lowest BCUT2D eigenvalue weighted by molar-refractivity contribution is -0.117. The number of aromatic nitrogens is 1. The number of anilines is 1. The van der Waals surface area contributed by atoms with Crippen molar-refractivity contribution in [1.29, 1.82) is 0 Å². The fourth-order valence-corrected chi connectivity index (χ4v) is 4.98. The molecule has 1 amide bonds. The molecule has 1 aliphatic heterocycles. The average Bonchev–Trinajstić information content (AvgIpc) is 3.06. The summed E-state index contributed by atoms with van der Waals surface area (Å²) >= 11 is 1.57. The van der Waals surface area contributed by atoms with Crippen LogP contribution < -0.4 is 19.5 Å². The summed E-state index contributed by atoms with van der Waals surface area (Å²) in [7, 11) is -3.94. The molecule has 0 aliphatic carbocycles. The quantitative estimate of drug-likeness (QED) is 0.567. The fraction of sp³-hybridized carbons (Fsp3) is 0.273. The van der Waals surface area contributed by atoms with Crippen LogP contribution in [0.15, 0.2) is 52.7 Å². The highest BCUT2D eigenvalue weighted by Gasteiger charge is 2.24. The van der Waals surface area contributed by atoms with Gasteiger partial charge in [0.25, 0.3) is 0 Å². The number of carbonyl (C=O) groups excluding carboxylic acids is 1. The van der Waals surface area contributed by atoms with E-state index in [2.05, 4.69) is 15.0 Å². The zero-order valence-corrected chi connectivity index (χ0v) is 19.3. The van der Waals surface area contributed by atoms with Crippen LogP contribution in [-0.4, -0.2) is 38.6 Å². The molecule has 168 valence electrons. The van der Waals surface area contributed by atoms with Crippen molar-refractivity contribution in [1.82, 2.24) is 9.71 Å². The Bertz CT molecular complexity index is 1220. The number of rotatable bonds is 6. The first-order valence-electron chi connectivity index (χ1n) is 10.1. The van der Waals surface area contributed by atoms with Crippen molar-refractivity contribution < 1.29 is 22.7 Å². The maximum atomic E-state index is 12.8. The minimum absolute atomic E-state index is 0.00399. The second-order valence-corrected chi connectivity index (χ2v) is 10.1. The Hall–Kier alpha value is -2.95. The molecule has 0 radical (unpaired) electrons. The second kappa shape index (κ2) is 9.27.